The molecule has 3 N–H and O–H groups in total. The second kappa shape index (κ2) is 6.21. The van der Waals surface area contributed by atoms with Crippen molar-refractivity contribution in [3.63, 3.8) is 0 Å². The monoisotopic (exact) mass is 285 g/mol. The highest BCUT2D eigenvalue weighted by Crippen LogP contribution is 2.22. The van der Waals surface area contributed by atoms with E-state index in [9.17, 15) is 14.4 Å². The van der Waals surface area contributed by atoms with E-state index < -0.39 is 29.4 Å². The van der Waals surface area contributed by atoms with Crippen molar-refractivity contribution in [2.24, 2.45) is 11.8 Å². The van der Waals surface area contributed by atoms with Gasteiger partial charge in [-0.1, -0.05) is 6.92 Å². The van der Waals surface area contributed by atoms with Gasteiger partial charge in [-0.05, 0) is 26.7 Å². The number of rotatable bonds is 3. The highest BCUT2D eigenvalue weighted by Gasteiger charge is 2.35. The van der Waals surface area contributed by atoms with Crippen molar-refractivity contribution < 1.29 is 19.5 Å². The summed E-state index contributed by atoms with van der Waals surface area (Å²) in [6, 6.07) is -0.537. The van der Waals surface area contributed by atoms with Crippen LogP contribution in [0.15, 0.2) is 0 Å². The molecule has 3 amide bonds. The number of imide groups is 1. The van der Waals surface area contributed by atoms with Gasteiger partial charge in [0.25, 0.3) is 0 Å². The van der Waals surface area contributed by atoms with Gasteiger partial charge in [-0.2, -0.15) is 0 Å². The molecule has 1 heterocycles. The smallest absolute Gasteiger partial charge is 0.321 e. The molecule has 0 radical (unpaired) electrons. The Labute approximate surface area is 118 Å². The van der Waals surface area contributed by atoms with Gasteiger partial charge in [0.2, 0.25) is 5.91 Å². The van der Waals surface area contributed by atoms with Crippen LogP contribution in [0.5, 0.6) is 0 Å². The maximum Gasteiger partial charge on any atom is 0.321 e. The molecule has 0 aromatic rings. The molecule has 0 aromatic carbocycles. The van der Waals surface area contributed by atoms with E-state index in [0.29, 0.717) is 13.1 Å². The Morgan fingerprint density at radius 3 is 2.30 bits per heavy atom. The molecule has 0 spiro atoms. The van der Waals surface area contributed by atoms with Crippen LogP contribution in [-0.2, 0) is 9.59 Å². The first-order valence-electron chi connectivity index (χ1n) is 6.65. The first kappa shape index (κ1) is 16.4. The van der Waals surface area contributed by atoms with Crippen LogP contribution < -0.4 is 10.6 Å². The third-order valence-electron chi connectivity index (χ3n) is 3.11. The standard InChI is InChI=1S/C13H23N3O4/c1-8-5-16(6-9(8)11(18)19)7-10(17)14-12(20)15-13(2,3)4/h8-9H,5-7H2,1-4H3,(H,18,19)(H2,14,15,17,20)/t8-,9-/m1/s1. The lowest BCUT2D eigenvalue weighted by atomic mass is 9.99. The Bertz CT molecular complexity index is 403. The Hall–Kier alpha value is -1.63. The number of carboxylic acids is 1. The molecule has 1 rings (SSSR count). The first-order valence-corrected chi connectivity index (χ1v) is 6.65. The average Bonchev–Trinajstić information content (AvgIpc) is 2.55. The van der Waals surface area contributed by atoms with E-state index in [0.717, 1.165) is 0 Å². The summed E-state index contributed by atoms with van der Waals surface area (Å²) in [5, 5.41) is 13.9. The normalized spacial score (nSPS) is 23.4. The predicted octanol–water partition coefficient (Wildman–Crippen LogP) is 0.263. The number of nitrogens with zero attached hydrogens (tertiary/aromatic N) is 1. The number of hydrogen-bond donors (Lipinski definition) is 3. The van der Waals surface area contributed by atoms with E-state index in [2.05, 4.69) is 10.6 Å². The zero-order valence-electron chi connectivity index (χ0n) is 12.4. The molecule has 7 heteroatoms. The van der Waals surface area contributed by atoms with Gasteiger partial charge >= 0.3 is 12.0 Å². The van der Waals surface area contributed by atoms with Crippen LogP contribution in [0.2, 0.25) is 0 Å². The summed E-state index contributed by atoms with van der Waals surface area (Å²) >= 11 is 0. The molecule has 1 aliphatic heterocycles. The molecule has 1 aliphatic rings. The van der Waals surface area contributed by atoms with Crippen molar-refractivity contribution in [1.29, 1.82) is 0 Å². The summed E-state index contributed by atoms with van der Waals surface area (Å²) in [5.41, 5.74) is -0.416. The highest BCUT2D eigenvalue weighted by molar-refractivity contribution is 5.95. The lowest BCUT2D eigenvalue weighted by Gasteiger charge is -2.21. The van der Waals surface area contributed by atoms with Gasteiger partial charge in [-0.25, -0.2) is 4.79 Å². The minimum Gasteiger partial charge on any atom is -0.481 e. The predicted molar refractivity (Wildman–Crippen MR) is 73.2 cm³/mol. The summed E-state index contributed by atoms with van der Waals surface area (Å²) in [7, 11) is 0. The minimum atomic E-state index is -0.842. The Morgan fingerprint density at radius 2 is 1.85 bits per heavy atom. The van der Waals surface area contributed by atoms with Crippen molar-refractivity contribution in [2.45, 2.75) is 33.2 Å². The van der Waals surface area contributed by atoms with Gasteiger partial charge < -0.3 is 10.4 Å². The van der Waals surface area contributed by atoms with Crippen LogP contribution in [0.4, 0.5) is 4.79 Å². The number of amides is 3. The number of nitrogens with one attached hydrogen (secondary N) is 2. The molecule has 0 unspecified atom stereocenters. The van der Waals surface area contributed by atoms with Crippen LogP contribution in [0.25, 0.3) is 0 Å². The molecule has 0 aliphatic carbocycles. The number of carbonyl (C=O) groups excluding carboxylic acids is 2. The highest BCUT2D eigenvalue weighted by atomic mass is 16.4. The second-order valence-corrected chi connectivity index (χ2v) is 6.37. The zero-order valence-corrected chi connectivity index (χ0v) is 12.4. The first-order chi connectivity index (χ1) is 9.08. The number of likely N-dealkylation sites (tertiary alicyclic amines) is 1. The van der Waals surface area contributed by atoms with Crippen molar-refractivity contribution in [1.82, 2.24) is 15.5 Å². The molecule has 1 fully saturated rings. The lowest BCUT2D eigenvalue weighted by Crippen LogP contribution is -2.50. The van der Waals surface area contributed by atoms with Crippen LogP contribution in [0.1, 0.15) is 27.7 Å². The van der Waals surface area contributed by atoms with Gasteiger partial charge in [0.1, 0.15) is 0 Å². The third-order valence-corrected chi connectivity index (χ3v) is 3.11. The van der Waals surface area contributed by atoms with Gasteiger partial charge in [0.15, 0.2) is 0 Å². The summed E-state index contributed by atoms with van der Waals surface area (Å²) in [5.74, 6) is -1.72. The SMILES string of the molecule is C[C@@H]1CN(CC(=O)NC(=O)NC(C)(C)C)C[C@H]1C(=O)O. The maximum absolute atomic E-state index is 11.7. The summed E-state index contributed by atoms with van der Waals surface area (Å²) in [4.78, 5) is 36.0. The number of carbonyl (C=O) groups is 3. The fourth-order valence-electron chi connectivity index (χ4n) is 2.26. The summed E-state index contributed by atoms with van der Waals surface area (Å²) in [6.07, 6.45) is 0. The van der Waals surface area contributed by atoms with Gasteiger partial charge in [0.05, 0.1) is 12.5 Å². The maximum atomic E-state index is 11.7. The summed E-state index contributed by atoms with van der Waals surface area (Å²) in [6.45, 7) is 8.22. The van der Waals surface area contributed by atoms with E-state index in [1.165, 1.54) is 0 Å². The molecular weight excluding hydrogens is 262 g/mol. The molecule has 114 valence electrons. The number of carboxylic acid groups (broad SMARTS) is 1. The van der Waals surface area contributed by atoms with E-state index in [1.54, 1.807) is 4.90 Å². The molecule has 1 saturated heterocycles. The van der Waals surface area contributed by atoms with Crippen molar-refractivity contribution in [2.75, 3.05) is 19.6 Å². The van der Waals surface area contributed by atoms with Gasteiger partial charge in [-0.15, -0.1) is 0 Å². The molecular formula is C13H23N3O4. The van der Waals surface area contributed by atoms with Crippen LogP contribution in [0, 0.1) is 11.8 Å². The Kier molecular flexibility index (Phi) is 5.10. The molecule has 20 heavy (non-hydrogen) atoms. The minimum absolute atomic E-state index is 0.00343. The quantitative estimate of drug-likeness (QED) is 0.691. The van der Waals surface area contributed by atoms with Crippen LogP contribution in [0.3, 0.4) is 0 Å². The van der Waals surface area contributed by atoms with E-state index in [1.807, 2.05) is 27.7 Å². The lowest BCUT2D eigenvalue weighted by molar-refractivity contribution is -0.142. The van der Waals surface area contributed by atoms with Crippen LogP contribution >= 0.6 is 0 Å². The van der Waals surface area contributed by atoms with Crippen molar-refractivity contribution in [3.8, 4) is 0 Å². The Balaban J connectivity index is 2.41. The molecule has 0 saturated carbocycles. The van der Waals surface area contributed by atoms with Gasteiger partial charge in [0, 0.05) is 18.6 Å². The fraction of sp³-hybridized carbons (Fsp3) is 0.769. The van der Waals surface area contributed by atoms with Crippen LogP contribution in [-0.4, -0.2) is 53.1 Å². The number of aliphatic carboxylic acids is 1. The van der Waals surface area contributed by atoms with Crippen molar-refractivity contribution >= 4 is 17.9 Å². The molecule has 2 atom stereocenters. The number of urea groups is 1. The molecule has 0 aromatic heterocycles. The fourth-order valence-corrected chi connectivity index (χ4v) is 2.26. The van der Waals surface area contributed by atoms with Crippen molar-refractivity contribution in [3.05, 3.63) is 0 Å². The molecule has 0 bridgehead atoms. The average molecular weight is 285 g/mol. The zero-order chi connectivity index (χ0) is 15.5. The molecule has 7 nitrogen and oxygen atoms in total. The van der Waals surface area contributed by atoms with Gasteiger partial charge in [-0.3, -0.25) is 19.8 Å². The Morgan fingerprint density at radius 1 is 1.25 bits per heavy atom. The van der Waals surface area contributed by atoms with E-state index >= 15 is 0 Å². The number of hydrogen-bond acceptors (Lipinski definition) is 4. The summed E-state index contributed by atoms with van der Waals surface area (Å²) < 4.78 is 0. The second-order valence-electron chi connectivity index (χ2n) is 6.37. The van der Waals surface area contributed by atoms with E-state index in [4.69, 9.17) is 5.11 Å². The topological polar surface area (TPSA) is 98.7 Å². The third kappa shape index (κ3) is 5.16. The van der Waals surface area contributed by atoms with E-state index in [-0.39, 0.29) is 12.5 Å². The largest absolute Gasteiger partial charge is 0.481 e.